The third-order valence-electron chi connectivity index (χ3n) is 2.51. The Balaban J connectivity index is 0.000000191. The smallest absolute Gasteiger partial charge is 0.310 e. The molecule has 0 saturated heterocycles. The Labute approximate surface area is 111 Å². The van der Waals surface area contributed by atoms with Gasteiger partial charge >= 0.3 is 5.69 Å². The molecule has 0 amide bonds. The first-order chi connectivity index (χ1) is 8.91. The number of nitrogens with zero attached hydrogens (tertiary/aromatic N) is 1. The Hall–Kier alpha value is -2.56. The van der Waals surface area contributed by atoms with Crippen molar-refractivity contribution in [1.82, 2.24) is 0 Å². The number of aryl methyl sites for hydroxylation is 2. The summed E-state index contributed by atoms with van der Waals surface area (Å²) in [5.41, 5.74) is 8.62. The van der Waals surface area contributed by atoms with Crippen LogP contribution in [0.2, 0.25) is 0 Å². The lowest BCUT2D eigenvalue weighted by Crippen LogP contribution is -1.88. The van der Waals surface area contributed by atoms with Crippen LogP contribution in [-0.4, -0.2) is 10.0 Å². The van der Waals surface area contributed by atoms with Crippen LogP contribution < -0.4 is 5.73 Å². The van der Waals surface area contributed by atoms with Gasteiger partial charge in [-0.05, 0) is 37.1 Å². The highest BCUT2D eigenvalue weighted by Gasteiger charge is 2.09. The number of hydrogen-bond acceptors (Lipinski definition) is 4. The summed E-state index contributed by atoms with van der Waals surface area (Å²) in [5.74, 6) is -0.299. The minimum atomic E-state index is -0.630. The van der Waals surface area contributed by atoms with E-state index >= 15 is 0 Å². The van der Waals surface area contributed by atoms with E-state index in [0.29, 0.717) is 0 Å². The predicted molar refractivity (Wildman–Crippen MR) is 75.1 cm³/mol. The normalized spacial score (nSPS) is 9.37. The van der Waals surface area contributed by atoms with Crippen molar-refractivity contribution >= 4 is 11.4 Å². The number of nitrogens with two attached hydrogens (primary N) is 1. The maximum atomic E-state index is 10.1. The Morgan fingerprint density at radius 1 is 1.16 bits per heavy atom. The first-order valence-electron chi connectivity index (χ1n) is 5.67. The molecule has 0 aromatic heterocycles. The number of nitro benzene ring substituents is 1. The van der Waals surface area contributed by atoms with Gasteiger partial charge in [-0.25, -0.2) is 0 Å². The van der Waals surface area contributed by atoms with Crippen LogP contribution in [0.15, 0.2) is 42.5 Å². The molecule has 0 heterocycles. The van der Waals surface area contributed by atoms with Gasteiger partial charge in [0, 0.05) is 11.8 Å². The highest BCUT2D eigenvalue weighted by atomic mass is 16.6. The molecule has 19 heavy (non-hydrogen) atoms. The first-order valence-corrected chi connectivity index (χ1v) is 5.67. The lowest BCUT2D eigenvalue weighted by molar-refractivity contribution is -0.385. The van der Waals surface area contributed by atoms with Gasteiger partial charge in [0.15, 0.2) is 5.75 Å². The highest BCUT2D eigenvalue weighted by molar-refractivity contribution is 5.47. The number of para-hydroxylation sites is 2. The number of phenols is 1. The Morgan fingerprint density at radius 3 is 2.21 bits per heavy atom. The summed E-state index contributed by atoms with van der Waals surface area (Å²) in [6, 6.07) is 11.6. The lowest BCUT2D eigenvalue weighted by atomic mass is 10.1. The van der Waals surface area contributed by atoms with Crippen molar-refractivity contribution in [2.45, 2.75) is 13.8 Å². The summed E-state index contributed by atoms with van der Waals surface area (Å²) in [7, 11) is 0. The molecule has 3 N–H and O–H groups in total. The minimum absolute atomic E-state index is 0.262. The van der Waals surface area contributed by atoms with Crippen molar-refractivity contribution in [3.63, 3.8) is 0 Å². The minimum Gasteiger partial charge on any atom is -0.502 e. The molecule has 0 bridgehead atoms. The van der Waals surface area contributed by atoms with E-state index in [4.69, 9.17) is 10.8 Å². The predicted octanol–water partition coefficient (Wildman–Crippen LogP) is 3.19. The summed E-state index contributed by atoms with van der Waals surface area (Å²) >= 11 is 0. The standard InChI is InChI=1S/C8H11N.C6H5NO3/c1-6-3-4-7(2)8(9)5-6;8-6-4-2-1-3-5(6)7(9)10/h3-5H,9H2,1-2H3;1-4,8H. The number of benzene rings is 2. The third kappa shape index (κ3) is 4.31. The zero-order valence-electron chi connectivity index (χ0n) is 10.8. The second-order valence-electron chi connectivity index (χ2n) is 4.11. The molecule has 5 heteroatoms. The van der Waals surface area contributed by atoms with Crippen LogP contribution in [0.25, 0.3) is 0 Å². The molecule has 0 radical (unpaired) electrons. The summed E-state index contributed by atoms with van der Waals surface area (Å²) in [6.45, 7) is 4.05. The fourth-order valence-electron chi connectivity index (χ4n) is 1.38. The summed E-state index contributed by atoms with van der Waals surface area (Å²) < 4.78 is 0. The van der Waals surface area contributed by atoms with Gasteiger partial charge < -0.3 is 10.8 Å². The molecule has 0 unspecified atom stereocenters. The number of anilines is 1. The van der Waals surface area contributed by atoms with Gasteiger partial charge in [0.05, 0.1) is 4.92 Å². The van der Waals surface area contributed by atoms with Gasteiger partial charge in [-0.2, -0.15) is 0 Å². The van der Waals surface area contributed by atoms with Crippen LogP contribution in [0.3, 0.4) is 0 Å². The second-order valence-corrected chi connectivity index (χ2v) is 4.11. The fourth-order valence-corrected chi connectivity index (χ4v) is 1.38. The third-order valence-corrected chi connectivity index (χ3v) is 2.51. The zero-order valence-corrected chi connectivity index (χ0v) is 10.8. The largest absolute Gasteiger partial charge is 0.502 e. The number of nitrogen functional groups attached to an aromatic ring is 1. The Bertz CT molecular complexity index is 583. The maximum Gasteiger partial charge on any atom is 0.310 e. The molecule has 0 spiro atoms. The summed E-state index contributed by atoms with van der Waals surface area (Å²) in [6.07, 6.45) is 0. The topological polar surface area (TPSA) is 89.4 Å². The van der Waals surface area contributed by atoms with Crippen molar-refractivity contribution < 1.29 is 10.0 Å². The van der Waals surface area contributed by atoms with E-state index in [1.54, 1.807) is 0 Å². The van der Waals surface area contributed by atoms with Gasteiger partial charge in [-0.3, -0.25) is 10.1 Å². The molecule has 2 rings (SSSR count). The van der Waals surface area contributed by atoms with Crippen LogP contribution in [-0.2, 0) is 0 Å². The molecule has 0 atom stereocenters. The molecule has 100 valence electrons. The molecule has 2 aromatic carbocycles. The molecular formula is C14H16N2O3. The number of phenolic OH excluding ortho intramolecular Hbond substituents is 1. The van der Waals surface area contributed by atoms with Crippen LogP contribution in [0.5, 0.6) is 5.75 Å². The van der Waals surface area contributed by atoms with Crippen molar-refractivity contribution in [2.24, 2.45) is 0 Å². The molecule has 0 saturated carbocycles. The summed E-state index contributed by atoms with van der Waals surface area (Å²) in [5, 5.41) is 18.9. The molecule has 0 aliphatic rings. The van der Waals surface area contributed by atoms with E-state index in [1.807, 2.05) is 26.0 Å². The van der Waals surface area contributed by atoms with Gasteiger partial charge in [-0.1, -0.05) is 24.3 Å². The second kappa shape index (κ2) is 6.39. The monoisotopic (exact) mass is 260 g/mol. The molecule has 0 fully saturated rings. The van der Waals surface area contributed by atoms with E-state index < -0.39 is 4.92 Å². The van der Waals surface area contributed by atoms with Crippen LogP contribution in [0, 0.1) is 24.0 Å². The first kappa shape index (κ1) is 14.5. The quantitative estimate of drug-likeness (QED) is 0.468. The molecule has 5 nitrogen and oxygen atoms in total. The van der Waals surface area contributed by atoms with E-state index in [2.05, 4.69) is 6.07 Å². The molecule has 2 aromatic rings. The molecule has 0 aliphatic heterocycles. The average molecular weight is 260 g/mol. The SMILES string of the molecule is Cc1ccc(C)c(N)c1.O=[N+]([O-])c1ccccc1O. The Kier molecular flexibility index (Phi) is 4.88. The van der Waals surface area contributed by atoms with E-state index in [0.717, 1.165) is 11.3 Å². The van der Waals surface area contributed by atoms with Gasteiger partial charge in [0.1, 0.15) is 0 Å². The van der Waals surface area contributed by atoms with Crippen LogP contribution >= 0.6 is 0 Å². The van der Waals surface area contributed by atoms with Gasteiger partial charge in [0.25, 0.3) is 0 Å². The van der Waals surface area contributed by atoms with E-state index in [-0.39, 0.29) is 11.4 Å². The summed E-state index contributed by atoms with van der Waals surface area (Å²) in [4.78, 5) is 9.44. The zero-order chi connectivity index (χ0) is 14.4. The Morgan fingerprint density at radius 2 is 1.79 bits per heavy atom. The fraction of sp³-hybridized carbons (Fsp3) is 0.143. The molecular weight excluding hydrogens is 244 g/mol. The lowest BCUT2D eigenvalue weighted by Gasteiger charge is -1.98. The number of rotatable bonds is 1. The van der Waals surface area contributed by atoms with Gasteiger partial charge in [0.2, 0.25) is 0 Å². The van der Waals surface area contributed by atoms with E-state index in [1.165, 1.54) is 29.8 Å². The van der Waals surface area contributed by atoms with Crippen molar-refractivity contribution in [3.05, 3.63) is 63.7 Å². The average Bonchev–Trinajstić information content (AvgIpc) is 2.35. The number of aromatic hydroxyl groups is 1. The highest BCUT2D eigenvalue weighted by Crippen LogP contribution is 2.23. The van der Waals surface area contributed by atoms with Crippen LogP contribution in [0.4, 0.5) is 11.4 Å². The number of nitro groups is 1. The number of hydrogen-bond donors (Lipinski definition) is 2. The maximum absolute atomic E-state index is 10.1. The van der Waals surface area contributed by atoms with E-state index in [9.17, 15) is 10.1 Å². The van der Waals surface area contributed by atoms with Crippen molar-refractivity contribution in [1.29, 1.82) is 0 Å². The van der Waals surface area contributed by atoms with Crippen LogP contribution in [0.1, 0.15) is 11.1 Å². The van der Waals surface area contributed by atoms with Crippen molar-refractivity contribution in [3.8, 4) is 5.75 Å². The van der Waals surface area contributed by atoms with Crippen molar-refractivity contribution in [2.75, 3.05) is 5.73 Å². The van der Waals surface area contributed by atoms with Gasteiger partial charge in [-0.15, -0.1) is 0 Å². The molecule has 0 aliphatic carbocycles.